The lowest BCUT2D eigenvalue weighted by Gasteiger charge is -2.32. The number of rotatable bonds is 4. The molecule has 1 aliphatic rings. The summed E-state index contributed by atoms with van der Waals surface area (Å²) in [5, 5.41) is 4.38. The molecule has 1 aromatic rings. The molecule has 0 N–H and O–H groups in total. The molecule has 0 atom stereocenters. The van der Waals surface area contributed by atoms with E-state index >= 15 is 0 Å². The van der Waals surface area contributed by atoms with Gasteiger partial charge in [-0.25, -0.2) is 0 Å². The van der Waals surface area contributed by atoms with Crippen molar-refractivity contribution in [3.63, 3.8) is 0 Å². The summed E-state index contributed by atoms with van der Waals surface area (Å²) in [7, 11) is -0.308. The van der Waals surface area contributed by atoms with Gasteiger partial charge in [0.2, 0.25) is 0 Å². The first kappa shape index (κ1) is 18.2. The minimum atomic E-state index is -0.308. The van der Waals surface area contributed by atoms with E-state index in [0.717, 1.165) is 18.4 Å². The number of aromatic nitrogens is 2. The number of aryl methyl sites for hydroxylation is 1. The highest BCUT2D eigenvalue weighted by Gasteiger charge is 2.52. The molecule has 21 heavy (non-hydrogen) atoms. The molecule has 5 heteroatoms. The van der Waals surface area contributed by atoms with Crippen molar-refractivity contribution in [2.45, 2.75) is 79.6 Å². The van der Waals surface area contributed by atoms with Crippen LogP contribution in [0.4, 0.5) is 0 Å². The van der Waals surface area contributed by atoms with Gasteiger partial charge in [-0.05, 0) is 40.0 Å². The van der Waals surface area contributed by atoms with Gasteiger partial charge in [0.25, 0.3) is 0 Å². The average molecular weight is 294 g/mol. The van der Waals surface area contributed by atoms with Gasteiger partial charge in [0.1, 0.15) is 0 Å². The largest absolute Gasteiger partial charge is 0.498 e. The summed E-state index contributed by atoms with van der Waals surface area (Å²) < 4.78 is 14.0. The average Bonchev–Trinajstić information content (AvgIpc) is 2.93. The fourth-order valence-electron chi connectivity index (χ4n) is 1.99. The Hall–Kier alpha value is -0.805. The van der Waals surface area contributed by atoms with Crippen molar-refractivity contribution < 1.29 is 9.31 Å². The molecule has 0 unspecified atom stereocenters. The van der Waals surface area contributed by atoms with Crippen molar-refractivity contribution in [1.82, 2.24) is 9.78 Å². The molecule has 2 rings (SSSR count). The van der Waals surface area contributed by atoms with Crippen LogP contribution in [0.1, 0.15) is 61.8 Å². The third kappa shape index (κ3) is 4.33. The van der Waals surface area contributed by atoms with Gasteiger partial charge in [-0.1, -0.05) is 27.7 Å². The SMILES string of the molecule is CC.CC(C)CCn1cc(B2OC(C)(C)C(C)(C)O2)cn1. The number of hydrogen-bond donors (Lipinski definition) is 0. The van der Waals surface area contributed by atoms with Crippen LogP contribution in [-0.4, -0.2) is 28.1 Å². The van der Waals surface area contributed by atoms with Gasteiger partial charge in [-0.3, -0.25) is 4.68 Å². The lowest BCUT2D eigenvalue weighted by atomic mass is 9.82. The summed E-state index contributed by atoms with van der Waals surface area (Å²) in [6.45, 7) is 17.6. The molecule has 1 aromatic heterocycles. The van der Waals surface area contributed by atoms with Crippen LogP contribution in [0.25, 0.3) is 0 Å². The predicted octanol–water partition coefficient (Wildman–Crippen LogP) is 3.25. The predicted molar refractivity (Wildman–Crippen MR) is 88.7 cm³/mol. The topological polar surface area (TPSA) is 36.3 Å². The van der Waals surface area contributed by atoms with Gasteiger partial charge < -0.3 is 9.31 Å². The Balaban J connectivity index is 0.00000106. The second-order valence-electron chi connectivity index (χ2n) is 6.81. The fraction of sp³-hybridized carbons (Fsp3) is 0.812. The van der Waals surface area contributed by atoms with Crippen molar-refractivity contribution in [3.05, 3.63) is 12.4 Å². The number of hydrogen-bond acceptors (Lipinski definition) is 3. The van der Waals surface area contributed by atoms with Crippen molar-refractivity contribution in [2.75, 3.05) is 0 Å². The Kier molecular flexibility index (Phi) is 6.06. The molecule has 1 fully saturated rings. The minimum absolute atomic E-state index is 0.294. The van der Waals surface area contributed by atoms with Crippen LogP contribution < -0.4 is 5.46 Å². The second-order valence-corrected chi connectivity index (χ2v) is 6.81. The molecule has 0 radical (unpaired) electrons. The summed E-state index contributed by atoms with van der Waals surface area (Å²) in [4.78, 5) is 0. The monoisotopic (exact) mass is 294 g/mol. The van der Waals surface area contributed by atoms with Gasteiger partial charge in [0.15, 0.2) is 0 Å². The normalized spacial score (nSPS) is 19.6. The van der Waals surface area contributed by atoms with Gasteiger partial charge in [0, 0.05) is 24.4 Å². The second kappa shape index (κ2) is 6.97. The summed E-state index contributed by atoms with van der Waals surface area (Å²) in [5.41, 5.74) is 0.414. The molecule has 1 saturated heterocycles. The van der Waals surface area contributed by atoms with Gasteiger partial charge in [-0.15, -0.1) is 0 Å². The van der Waals surface area contributed by atoms with E-state index in [-0.39, 0.29) is 18.3 Å². The van der Waals surface area contributed by atoms with E-state index in [2.05, 4.69) is 46.6 Å². The quantitative estimate of drug-likeness (QED) is 0.800. The zero-order chi connectivity index (χ0) is 16.3. The van der Waals surface area contributed by atoms with Crippen LogP contribution in [0.2, 0.25) is 0 Å². The molecule has 0 aromatic carbocycles. The molecule has 1 aliphatic heterocycles. The van der Waals surface area contributed by atoms with Crippen LogP contribution in [-0.2, 0) is 15.9 Å². The van der Waals surface area contributed by atoms with Crippen LogP contribution >= 0.6 is 0 Å². The molecule has 0 spiro atoms. The number of nitrogens with zero attached hydrogens (tertiary/aromatic N) is 2. The maximum absolute atomic E-state index is 6.01. The Morgan fingerprint density at radius 1 is 1.14 bits per heavy atom. The Bertz CT molecular complexity index is 425. The van der Waals surface area contributed by atoms with Gasteiger partial charge >= 0.3 is 7.12 Å². The lowest BCUT2D eigenvalue weighted by molar-refractivity contribution is 0.00578. The molecule has 0 aliphatic carbocycles. The van der Waals surface area contributed by atoms with Crippen molar-refractivity contribution in [3.8, 4) is 0 Å². The van der Waals surface area contributed by atoms with E-state index in [0.29, 0.717) is 5.92 Å². The highest BCUT2D eigenvalue weighted by Crippen LogP contribution is 2.36. The van der Waals surface area contributed by atoms with Crippen LogP contribution in [0.15, 0.2) is 12.4 Å². The van der Waals surface area contributed by atoms with Crippen molar-refractivity contribution in [2.24, 2.45) is 5.92 Å². The van der Waals surface area contributed by atoms with E-state index in [1.165, 1.54) is 0 Å². The maximum Gasteiger partial charge on any atom is 0.498 e. The zero-order valence-corrected chi connectivity index (χ0v) is 14.9. The van der Waals surface area contributed by atoms with E-state index in [1.807, 2.05) is 30.9 Å². The van der Waals surface area contributed by atoms with E-state index < -0.39 is 0 Å². The molecular formula is C16H31BN2O2. The summed E-state index contributed by atoms with van der Waals surface area (Å²) >= 11 is 0. The van der Waals surface area contributed by atoms with Crippen molar-refractivity contribution in [1.29, 1.82) is 0 Å². The Labute approximate surface area is 130 Å². The Morgan fingerprint density at radius 2 is 1.67 bits per heavy atom. The molecular weight excluding hydrogens is 263 g/mol. The van der Waals surface area contributed by atoms with E-state index in [4.69, 9.17) is 9.31 Å². The first-order valence-corrected chi connectivity index (χ1v) is 8.09. The summed E-state index contributed by atoms with van der Waals surface area (Å²) in [5.74, 6) is 0.685. The zero-order valence-electron chi connectivity index (χ0n) is 14.9. The third-order valence-electron chi connectivity index (χ3n) is 4.11. The summed E-state index contributed by atoms with van der Waals surface area (Å²) in [6, 6.07) is 0. The third-order valence-corrected chi connectivity index (χ3v) is 4.11. The fourth-order valence-corrected chi connectivity index (χ4v) is 1.99. The first-order chi connectivity index (χ1) is 9.71. The lowest BCUT2D eigenvalue weighted by Crippen LogP contribution is -2.41. The van der Waals surface area contributed by atoms with Crippen molar-refractivity contribution >= 4 is 12.6 Å². The maximum atomic E-state index is 6.01. The highest BCUT2D eigenvalue weighted by atomic mass is 16.7. The highest BCUT2D eigenvalue weighted by molar-refractivity contribution is 6.61. The molecule has 0 bridgehead atoms. The molecule has 0 amide bonds. The Morgan fingerprint density at radius 3 is 2.14 bits per heavy atom. The van der Waals surface area contributed by atoms with E-state index in [1.54, 1.807) is 0 Å². The first-order valence-electron chi connectivity index (χ1n) is 8.09. The van der Waals surface area contributed by atoms with Gasteiger partial charge in [-0.2, -0.15) is 5.10 Å². The molecule has 120 valence electrons. The van der Waals surface area contributed by atoms with E-state index in [9.17, 15) is 0 Å². The smallest absolute Gasteiger partial charge is 0.399 e. The summed E-state index contributed by atoms with van der Waals surface area (Å²) in [6.07, 6.45) is 5.01. The molecule has 4 nitrogen and oxygen atoms in total. The molecule has 2 heterocycles. The standard InChI is InChI=1S/C14H25BN2O2.C2H6/c1-11(2)7-8-17-10-12(9-16-17)15-18-13(3,4)14(5,6)19-15;1-2/h9-11H,7-8H2,1-6H3;1-2H3. The van der Waals surface area contributed by atoms with Crippen LogP contribution in [0, 0.1) is 5.92 Å². The van der Waals surface area contributed by atoms with Crippen LogP contribution in [0.3, 0.4) is 0 Å². The molecule has 0 saturated carbocycles. The minimum Gasteiger partial charge on any atom is -0.399 e. The van der Waals surface area contributed by atoms with Crippen LogP contribution in [0.5, 0.6) is 0 Å². The van der Waals surface area contributed by atoms with Gasteiger partial charge in [0.05, 0.1) is 11.2 Å².